The molecule has 1 aliphatic rings. The number of carbonyl (C=O) groups is 3. The molecule has 0 radical (unpaired) electrons. The van der Waals surface area contributed by atoms with Crippen molar-refractivity contribution < 1.29 is 18.8 Å². The van der Waals surface area contributed by atoms with Gasteiger partial charge >= 0.3 is 0 Å². The van der Waals surface area contributed by atoms with Gasteiger partial charge in [-0.05, 0) is 36.2 Å². The second kappa shape index (κ2) is 10.2. The van der Waals surface area contributed by atoms with E-state index < -0.39 is 11.9 Å². The lowest BCUT2D eigenvalue weighted by Crippen LogP contribution is -2.50. The molecular weight excluding hydrogens is 461 g/mol. The minimum atomic E-state index is -0.866. The van der Waals surface area contributed by atoms with Crippen molar-refractivity contribution in [3.05, 3.63) is 64.8 Å². The van der Waals surface area contributed by atoms with Crippen LogP contribution in [0.15, 0.2) is 42.6 Å². The Bertz CT molecular complexity index is 1210. The highest BCUT2D eigenvalue weighted by Gasteiger charge is 2.29. The van der Waals surface area contributed by atoms with Crippen LogP contribution in [-0.2, 0) is 16.0 Å². The second-order valence-electron chi connectivity index (χ2n) is 8.32. The van der Waals surface area contributed by atoms with Crippen molar-refractivity contribution in [3.8, 4) is 0 Å². The van der Waals surface area contributed by atoms with Crippen LogP contribution in [0.5, 0.6) is 0 Å². The number of rotatable bonds is 5. The third-order valence-corrected chi connectivity index (χ3v) is 6.13. The van der Waals surface area contributed by atoms with Gasteiger partial charge < -0.3 is 20.1 Å². The van der Waals surface area contributed by atoms with Crippen molar-refractivity contribution in [2.24, 2.45) is 0 Å². The summed E-state index contributed by atoms with van der Waals surface area (Å²) in [4.78, 5) is 48.7. The minimum absolute atomic E-state index is 0.0288. The highest BCUT2D eigenvalue weighted by atomic mass is 35.5. The van der Waals surface area contributed by atoms with Gasteiger partial charge in [-0.3, -0.25) is 14.4 Å². The molecule has 3 heterocycles. The van der Waals surface area contributed by atoms with Gasteiger partial charge in [0, 0.05) is 44.9 Å². The molecule has 0 bridgehead atoms. The summed E-state index contributed by atoms with van der Waals surface area (Å²) >= 11 is 5.94. The van der Waals surface area contributed by atoms with E-state index in [-0.39, 0.29) is 29.7 Å². The molecule has 3 amide bonds. The molecule has 0 aliphatic carbocycles. The zero-order valence-corrected chi connectivity index (χ0v) is 19.4. The van der Waals surface area contributed by atoms with Crippen LogP contribution in [0.4, 0.5) is 4.39 Å². The molecule has 1 aliphatic heterocycles. The first-order valence-electron chi connectivity index (χ1n) is 11.0. The minimum Gasteiger partial charge on any atom is -0.349 e. The van der Waals surface area contributed by atoms with E-state index in [9.17, 15) is 18.8 Å². The Balaban J connectivity index is 1.55. The SMILES string of the molecule is CC(=O)N1CCCN(C(=O)[C@H](Cc2ccc(F)cc2)NC(=O)c2cc3cc(Cl)ncc3[nH]2)CC1. The van der Waals surface area contributed by atoms with E-state index in [2.05, 4.69) is 15.3 Å². The quantitative estimate of drug-likeness (QED) is 0.543. The van der Waals surface area contributed by atoms with Gasteiger partial charge in [-0.15, -0.1) is 0 Å². The summed E-state index contributed by atoms with van der Waals surface area (Å²) in [6.45, 7) is 3.39. The fourth-order valence-corrected chi connectivity index (χ4v) is 4.26. The van der Waals surface area contributed by atoms with Crippen LogP contribution in [-0.4, -0.2) is 69.7 Å². The lowest BCUT2D eigenvalue weighted by molar-refractivity contribution is -0.134. The fourth-order valence-electron chi connectivity index (χ4n) is 4.09. The van der Waals surface area contributed by atoms with Gasteiger partial charge in [-0.1, -0.05) is 23.7 Å². The molecule has 0 spiro atoms. The van der Waals surface area contributed by atoms with E-state index in [4.69, 9.17) is 11.6 Å². The molecule has 1 aromatic carbocycles. The molecule has 1 saturated heterocycles. The van der Waals surface area contributed by atoms with Gasteiger partial charge in [0.1, 0.15) is 22.7 Å². The van der Waals surface area contributed by atoms with E-state index >= 15 is 0 Å². The van der Waals surface area contributed by atoms with Crippen LogP contribution in [0, 0.1) is 5.82 Å². The number of H-pyrrole nitrogens is 1. The molecule has 2 N–H and O–H groups in total. The van der Waals surface area contributed by atoms with Crippen molar-refractivity contribution in [2.45, 2.75) is 25.8 Å². The highest BCUT2D eigenvalue weighted by molar-refractivity contribution is 6.30. The van der Waals surface area contributed by atoms with Crippen LogP contribution in [0.2, 0.25) is 5.15 Å². The Morgan fingerprint density at radius 3 is 2.56 bits per heavy atom. The van der Waals surface area contributed by atoms with Crippen molar-refractivity contribution in [2.75, 3.05) is 26.2 Å². The van der Waals surface area contributed by atoms with Gasteiger partial charge in [-0.2, -0.15) is 0 Å². The van der Waals surface area contributed by atoms with Gasteiger partial charge in [0.25, 0.3) is 5.91 Å². The van der Waals surface area contributed by atoms with Crippen LogP contribution in [0.3, 0.4) is 0 Å². The fraction of sp³-hybridized carbons (Fsp3) is 0.333. The molecule has 4 rings (SSSR count). The normalized spacial score (nSPS) is 15.1. The Labute approximate surface area is 201 Å². The molecule has 0 saturated carbocycles. The van der Waals surface area contributed by atoms with E-state index in [1.54, 1.807) is 34.1 Å². The maximum atomic E-state index is 13.5. The summed E-state index contributed by atoms with van der Waals surface area (Å²) in [5.41, 5.74) is 1.63. The summed E-state index contributed by atoms with van der Waals surface area (Å²) < 4.78 is 13.4. The maximum Gasteiger partial charge on any atom is 0.268 e. The predicted octanol–water partition coefficient (Wildman–Crippen LogP) is 2.78. The predicted molar refractivity (Wildman–Crippen MR) is 126 cm³/mol. The molecule has 178 valence electrons. The standard InChI is InChI=1S/C24H25ClFN5O3/c1-15(32)30-7-2-8-31(10-9-30)24(34)20(11-16-3-5-18(26)6-4-16)29-23(33)19-12-17-13-22(25)27-14-21(17)28-19/h3-6,12-14,20,28H,2,7-11H2,1H3,(H,29,33)/t20-/m0/s1. The molecule has 10 heteroatoms. The van der Waals surface area contributed by atoms with Gasteiger partial charge in [-0.25, -0.2) is 9.37 Å². The maximum absolute atomic E-state index is 13.5. The smallest absolute Gasteiger partial charge is 0.268 e. The van der Waals surface area contributed by atoms with Crippen LogP contribution < -0.4 is 5.32 Å². The molecule has 3 aromatic rings. The summed E-state index contributed by atoms with van der Waals surface area (Å²) in [6, 6.07) is 8.26. The van der Waals surface area contributed by atoms with Crippen molar-refractivity contribution in [1.82, 2.24) is 25.1 Å². The van der Waals surface area contributed by atoms with E-state index in [1.807, 2.05) is 0 Å². The third-order valence-electron chi connectivity index (χ3n) is 5.93. The first-order chi connectivity index (χ1) is 16.3. The Kier molecular flexibility index (Phi) is 7.12. The summed E-state index contributed by atoms with van der Waals surface area (Å²) in [5.74, 6) is -1.10. The molecular formula is C24H25ClFN5O3. The number of aromatic nitrogens is 2. The number of benzene rings is 1. The number of pyridine rings is 1. The molecule has 2 aromatic heterocycles. The number of aromatic amines is 1. The lowest BCUT2D eigenvalue weighted by atomic mass is 10.0. The van der Waals surface area contributed by atoms with E-state index in [0.717, 1.165) is 5.39 Å². The summed E-state index contributed by atoms with van der Waals surface area (Å²) in [5, 5.41) is 3.87. The molecule has 0 unspecified atom stereocenters. The number of amides is 3. The van der Waals surface area contributed by atoms with Gasteiger partial charge in [0.05, 0.1) is 11.7 Å². The topological polar surface area (TPSA) is 98.4 Å². The van der Waals surface area contributed by atoms with Crippen LogP contribution in [0.1, 0.15) is 29.4 Å². The van der Waals surface area contributed by atoms with Crippen LogP contribution >= 0.6 is 11.6 Å². The summed E-state index contributed by atoms with van der Waals surface area (Å²) in [7, 11) is 0. The van der Waals surface area contributed by atoms with Crippen molar-refractivity contribution in [3.63, 3.8) is 0 Å². The third kappa shape index (κ3) is 5.53. The average molecular weight is 486 g/mol. The zero-order chi connectivity index (χ0) is 24.2. The Hall–Kier alpha value is -3.46. The summed E-state index contributed by atoms with van der Waals surface area (Å²) in [6.07, 6.45) is 2.39. The van der Waals surface area contributed by atoms with E-state index in [0.29, 0.717) is 48.8 Å². The highest BCUT2D eigenvalue weighted by Crippen LogP contribution is 2.18. The zero-order valence-electron chi connectivity index (χ0n) is 18.7. The Morgan fingerprint density at radius 1 is 1.12 bits per heavy atom. The van der Waals surface area contributed by atoms with Crippen LogP contribution in [0.25, 0.3) is 10.9 Å². The molecule has 34 heavy (non-hydrogen) atoms. The van der Waals surface area contributed by atoms with Crippen molar-refractivity contribution in [1.29, 1.82) is 0 Å². The Morgan fingerprint density at radius 2 is 1.82 bits per heavy atom. The van der Waals surface area contributed by atoms with Gasteiger partial charge in [0.15, 0.2) is 0 Å². The molecule has 1 fully saturated rings. The largest absolute Gasteiger partial charge is 0.349 e. The number of hydrogen-bond acceptors (Lipinski definition) is 4. The molecule has 8 nitrogen and oxygen atoms in total. The number of nitrogens with zero attached hydrogens (tertiary/aromatic N) is 3. The first kappa shape index (κ1) is 23.7. The van der Waals surface area contributed by atoms with Crippen molar-refractivity contribution >= 4 is 40.2 Å². The average Bonchev–Trinajstić information content (AvgIpc) is 3.07. The second-order valence-corrected chi connectivity index (χ2v) is 8.71. The number of nitrogens with one attached hydrogen (secondary N) is 2. The number of hydrogen-bond donors (Lipinski definition) is 2. The number of halogens is 2. The van der Waals surface area contributed by atoms with Gasteiger partial charge in [0.2, 0.25) is 11.8 Å². The lowest BCUT2D eigenvalue weighted by Gasteiger charge is -2.27. The molecule has 1 atom stereocenters. The first-order valence-corrected chi connectivity index (χ1v) is 11.4. The number of fused-ring (bicyclic) bond motifs is 1. The van der Waals surface area contributed by atoms with E-state index in [1.165, 1.54) is 25.3 Å². The number of carbonyl (C=O) groups excluding carboxylic acids is 3. The monoisotopic (exact) mass is 485 g/mol.